The van der Waals surface area contributed by atoms with E-state index in [1.807, 2.05) is 24.3 Å². The third-order valence-electron chi connectivity index (χ3n) is 3.26. The van der Waals surface area contributed by atoms with Gasteiger partial charge in [0.15, 0.2) is 11.5 Å². The van der Waals surface area contributed by atoms with Gasteiger partial charge in [-0.1, -0.05) is 39.8 Å². The van der Waals surface area contributed by atoms with Crippen LogP contribution in [0.5, 0.6) is 11.5 Å². The summed E-state index contributed by atoms with van der Waals surface area (Å²) in [6.07, 6.45) is 4.64. The van der Waals surface area contributed by atoms with Gasteiger partial charge < -0.3 is 9.47 Å². The zero-order valence-corrected chi connectivity index (χ0v) is 12.1. The van der Waals surface area contributed by atoms with Crippen molar-refractivity contribution in [3.63, 3.8) is 0 Å². The van der Waals surface area contributed by atoms with Crippen LogP contribution in [0.25, 0.3) is 0 Å². The largest absolute Gasteiger partial charge is 0.487 e. The number of para-hydroxylation sites is 2. The standard InChI is InChI=1S/C16H26O2/c1-5-13(6-2)17-15-11-9-10-12-16(15)18-14(7-3)8-4/h9-14H,5-8H2,1-4H3. The molecule has 0 aliphatic heterocycles. The lowest BCUT2D eigenvalue weighted by molar-refractivity contribution is 0.155. The first-order valence-electron chi connectivity index (χ1n) is 7.17. The first kappa shape index (κ1) is 14.9. The topological polar surface area (TPSA) is 18.5 Å². The molecule has 0 atom stereocenters. The first-order chi connectivity index (χ1) is 8.74. The monoisotopic (exact) mass is 250 g/mol. The number of hydrogen-bond acceptors (Lipinski definition) is 2. The molecule has 18 heavy (non-hydrogen) atoms. The second-order valence-electron chi connectivity index (χ2n) is 4.56. The van der Waals surface area contributed by atoms with Crippen LogP contribution in [0.1, 0.15) is 53.4 Å². The third-order valence-corrected chi connectivity index (χ3v) is 3.26. The maximum atomic E-state index is 6.01. The summed E-state index contributed by atoms with van der Waals surface area (Å²) < 4.78 is 12.0. The van der Waals surface area contributed by atoms with Crippen molar-refractivity contribution in [2.75, 3.05) is 0 Å². The van der Waals surface area contributed by atoms with Gasteiger partial charge >= 0.3 is 0 Å². The van der Waals surface area contributed by atoms with Gasteiger partial charge in [-0.25, -0.2) is 0 Å². The minimum Gasteiger partial charge on any atom is -0.487 e. The van der Waals surface area contributed by atoms with Crippen molar-refractivity contribution in [3.8, 4) is 11.5 Å². The van der Waals surface area contributed by atoms with Crippen LogP contribution in [-0.4, -0.2) is 12.2 Å². The molecule has 0 N–H and O–H groups in total. The molecule has 0 aromatic heterocycles. The van der Waals surface area contributed by atoms with Crippen LogP contribution in [0, 0.1) is 0 Å². The highest BCUT2D eigenvalue weighted by atomic mass is 16.5. The van der Waals surface area contributed by atoms with E-state index >= 15 is 0 Å². The highest BCUT2D eigenvalue weighted by Crippen LogP contribution is 2.30. The number of ether oxygens (including phenoxy) is 2. The average Bonchev–Trinajstić information content (AvgIpc) is 2.43. The SMILES string of the molecule is CCC(CC)Oc1ccccc1OC(CC)CC. The molecule has 0 spiro atoms. The van der Waals surface area contributed by atoms with Gasteiger partial charge in [-0.3, -0.25) is 0 Å². The molecule has 0 heterocycles. The van der Waals surface area contributed by atoms with Gasteiger partial charge in [-0.2, -0.15) is 0 Å². The van der Waals surface area contributed by atoms with Crippen LogP contribution in [0.3, 0.4) is 0 Å². The minimum absolute atomic E-state index is 0.274. The summed E-state index contributed by atoms with van der Waals surface area (Å²) in [6.45, 7) is 8.61. The first-order valence-corrected chi connectivity index (χ1v) is 7.17. The Kier molecular flexibility index (Phi) is 6.63. The predicted octanol–water partition coefficient (Wildman–Crippen LogP) is 4.82. The number of benzene rings is 1. The van der Waals surface area contributed by atoms with Gasteiger partial charge in [0.2, 0.25) is 0 Å². The van der Waals surface area contributed by atoms with Gasteiger partial charge in [0.25, 0.3) is 0 Å². The van der Waals surface area contributed by atoms with Crippen molar-refractivity contribution < 1.29 is 9.47 Å². The second kappa shape index (κ2) is 8.02. The minimum atomic E-state index is 0.274. The van der Waals surface area contributed by atoms with E-state index in [9.17, 15) is 0 Å². The summed E-state index contributed by atoms with van der Waals surface area (Å²) in [5.74, 6) is 1.75. The van der Waals surface area contributed by atoms with E-state index in [1.54, 1.807) is 0 Å². The summed E-state index contributed by atoms with van der Waals surface area (Å²) in [5.41, 5.74) is 0. The average molecular weight is 250 g/mol. The Bertz CT molecular complexity index is 295. The van der Waals surface area contributed by atoms with E-state index in [2.05, 4.69) is 27.7 Å². The van der Waals surface area contributed by atoms with Crippen LogP contribution < -0.4 is 9.47 Å². The van der Waals surface area contributed by atoms with Crippen molar-refractivity contribution in [1.29, 1.82) is 0 Å². The maximum absolute atomic E-state index is 6.01. The molecular formula is C16H26O2. The Labute approximate surface area is 111 Å². The molecule has 0 fully saturated rings. The molecule has 1 aromatic rings. The Balaban J connectivity index is 2.78. The lowest BCUT2D eigenvalue weighted by Gasteiger charge is -2.21. The quantitative estimate of drug-likeness (QED) is 0.658. The van der Waals surface area contributed by atoms with Crippen LogP contribution in [-0.2, 0) is 0 Å². The predicted molar refractivity (Wildman–Crippen MR) is 76.4 cm³/mol. The normalized spacial score (nSPS) is 11.0. The van der Waals surface area contributed by atoms with Gasteiger partial charge in [-0.15, -0.1) is 0 Å². The number of hydrogen-bond donors (Lipinski definition) is 0. The van der Waals surface area contributed by atoms with Gasteiger partial charge in [0, 0.05) is 0 Å². The molecule has 1 aromatic carbocycles. The fourth-order valence-electron chi connectivity index (χ4n) is 1.91. The van der Waals surface area contributed by atoms with Crippen LogP contribution >= 0.6 is 0 Å². The molecule has 0 aliphatic rings. The molecule has 0 saturated carbocycles. The van der Waals surface area contributed by atoms with Crippen LogP contribution in [0.2, 0.25) is 0 Å². The Hall–Kier alpha value is -1.18. The second-order valence-corrected chi connectivity index (χ2v) is 4.56. The molecule has 0 unspecified atom stereocenters. The van der Waals surface area contributed by atoms with Crippen molar-refractivity contribution in [2.45, 2.75) is 65.6 Å². The summed E-state index contributed by atoms with van der Waals surface area (Å²) in [4.78, 5) is 0. The fraction of sp³-hybridized carbons (Fsp3) is 0.625. The zero-order valence-electron chi connectivity index (χ0n) is 12.1. The van der Waals surface area contributed by atoms with E-state index < -0.39 is 0 Å². The van der Waals surface area contributed by atoms with E-state index in [0.717, 1.165) is 37.2 Å². The zero-order chi connectivity index (χ0) is 13.4. The summed E-state index contributed by atoms with van der Waals surface area (Å²) in [7, 11) is 0. The summed E-state index contributed by atoms with van der Waals surface area (Å²) in [6, 6.07) is 7.99. The Morgan fingerprint density at radius 3 is 1.33 bits per heavy atom. The Morgan fingerprint density at radius 2 is 1.06 bits per heavy atom. The van der Waals surface area contributed by atoms with E-state index in [0.29, 0.717) is 0 Å². The smallest absolute Gasteiger partial charge is 0.161 e. The molecule has 1 rings (SSSR count). The fourth-order valence-corrected chi connectivity index (χ4v) is 1.91. The molecule has 2 nitrogen and oxygen atoms in total. The molecule has 102 valence electrons. The molecule has 2 heteroatoms. The van der Waals surface area contributed by atoms with Crippen molar-refractivity contribution in [2.24, 2.45) is 0 Å². The van der Waals surface area contributed by atoms with E-state index in [4.69, 9.17) is 9.47 Å². The van der Waals surface area contributed by atoms with Gasteiger partial charge in [0.05, 0.1) is 12.2 Å². The van der Waals surface area contributed by atoms with Gasteiger partial charge in [0.1, 0.15) is 0 Å². The highest BCUT2D eigenvalue weighted by molar-refractivity contribution is 5.39. The summed E-state index contributed by atoms with van der Waals surface area (Å²) in [5, 5.41) is 0. The maximum Gasteiger partial charge on any atom is 0.161 e. The van der Waals surface area contributed by atoms with E-state index in [-0.39, 0.29) is 12.2 Å². The van der Waals surface area contributed by atoms with Crippen LogP contribution in [0.4, 0.5) is 0 Å². The molecule has 0 saturated heterocycles. The van der Waals surface area contributed by atoms with Crippen molar-refractivity contribution in [3.05, 3.63) is 24.3 Å². The highest BCUT2D eigenvalue weighted by Gasteiger charge is 2.12. The number of rotatable bonds is 8. The summed E-state index contributed by atoms with van der Waals surface area (Å²) >= 11 is 0. The molecule has 0 aliphatic carbocycles. The van der Waals surface area contributed by atoms with E-state index in [1.165, 1.54) is 0 Å². The molecule has 0 bridgehead atoms. The Morgan fingerprint density at radius 1 is 0.722 bits per heavy atom. The van der Waals surface area contributed by atoms with Crippen molar-refractivity contribution >= 4 is 0 Å². The van der Waals surface area contributed by atoms with Gasteiger partial charge in [-0.05, 0) is 37.8 Å². The molecule has 0 radical (unpaired) electrons. The lowest BCUT2D eigenvalue weighted by atomic mass is 10.2. The van der Waals surface area contributed by atoms with Crippen molar-refractivity contribution in [1.82, 2.24) is 0 Å². The molecular weight excluding hydrogens is 224 g/mol. The lowest BCUT2D eigenvalue weighted by Crippen LogP contribution is -2.17. The third kappa shape index (κ3) is 4.25. The van der Waals surface area contributed by atoms with Crippen LogP contribution in [0.15, 0.2) is 24.3 Å². The molecule has 0 amide bonds.